The molecule has 1 saturated heterocycles. The van der Waals surface area contributed by atoms with E-state index in [-0.39, 0.29) is 17.9 Å². The van der Waals surface area contributed by atoms with E-state index < -0.39 is 0 Å². The largest absolute Gasteiger partial charge is 0.354 e. The van der Waals surface area contributed by atoms with Gasteiger partial charge in [0.05, 0.1) is 0 Å². The highest BCUT2D eigenvalue weighted by Gasteiger charge is 2.25. The standard InChI is InChI=1S/C23H22N4O2S/c28-22(10-9-20-7-4-14-30-20)25-18-6-3-5-17(15-18)23(29)26-19-11-13-27(16-19)21-8-1-2-12-24-21/h1-10,12,14-15,19H,11,13,16H2,(H,25,28)(H,26,29)/b10-9+. The molecule has 3 aromatic rings. The van der Waals surface area contributed by atoms with Crippen molar-refractivity contribution >= 4 is 40.7 Å². The summed E-state index contributed by atoms with van der Waals surface area (Å²) < 4.78 is 0. The van der Waals surface area contributed by atoms with Gasteiger partial charge in [-0.25, -0.2) is 4.98 Å². The van der Waals surface area contributed by atoms with Crippen molar-refractivity contribution in [3.05, 3.63) is 82.7 Å². The summed E-state index contributed by atoms with van der Waals surface area (Å²) in [5, 5.41) is 7.85. The number of hydrogen-bond acceptors (Lipinski definition) is 5. The first-order chi connectivity index (χ1) is 14.7. The van der Waals surface area contributed by atoms with Crippen LogP contribution in [0.4, 0.5) is 11.5 Å². The van der Waals surface area contributed by atoms with Gasteiger partial charge in [0, 0.05) is 47.5 Å². The molecule has 7 heteroatoms. The molecule has 6 nitrogen and oxygen atoms in total. The number of anilines is 2. The van der Waals surface area contributed by atoms with Crippen LogP contribution >= 0.6 is 11.3 Å². The fraction of sp³-hybridized carbons (Fsp3) is 0.174. The van der Waals surface area contributed by atoms with Crippen LogP contribution in [0.1, 0.15) is 21.7 Å². The Morgan fingerprint density at radius 1 is 1.13 bits per heavy atom. The molecule has 30 heavy (non-hydrogen) atoms. The van der Waals surface area contributed by atoms with Gasteiger partial charge in [0.2, 0.25) is 5.91 Å². The predicted octanol–water partition coefficient (Wildman–Crippen LogP) is 3.80. The van der Waals surface area contributed by atoms with Gasteiger partial charge in [0.25, 0.3) is 5.91 Å². The lowest BCUT2D eigenvalue weighted by Gasteiger charge is -2.17. The number of benzene rings is 1. The first kappa shape index (κ1) is 19.8. The molecule has 152 valence electrons. The minimum atomic E-state index is -0.234. The molecule has 3 heterocycles. The molecule has 2 N–H and O–H groups in total. The number of nitrogens with zero attached hydrogens (tertiary/aromatic N) is 2. The van der Waals surface area contributed by atoms with E-state index in [0.717, 1.165) is 30.2 Å². The molecule has 1 aliphatic rings. The Balaban J connectivity index is 1.33. The van der Waals surface area contributed by atoms with Crippen LogP contribution in [-0.2, 0) is 4.79 Å². The minimum absolute atomic E-state index is 0.0616. The van der Waals surface area contributed by atoms with Crippen LogP contribution in [0.25, 0.3) is 6.08 Å². The molecular weight excluding hydrogens is 396 g/mol. The van der Waals surface area contributed by atoms with Gasteiger partial charge in [-0.1, -0.05) is 18.2 Å². The van der Waals surface area contributed by atoms with E-state index in [4.69, 9.17) is 0 Å². The number of thiophene rings is 1. The van der Waals surface area contributed by atoms with E-state index in [9.17, 15) is 9.59 Å². The molecule has 1 aromatic carbocycles. The first-order valence-electron chi connectivity index (χ1n) is 9.77. The molecule has 0 radical (unpaired) electrons. The van der Waals surface area contributed by atoms with Crippen molar-refractivity contribution in [2.45, 2.75) is 12.5 Å². The van der Waals surface area contributed by atoms with Crippen LogP contribution in [0, 0.1) is 0 Å². The lowest BCUT2D eigenvalue weighted by Crippen LogP contribution is -2.37. The zero-order chi connectivity index (χ0) is 20.8. The van der Waals surface area contributed by atoms with E-state index >= 15 is 0 Å². The number of nitrogens with one attached hydrogen (secondary N) is 2. The average molecular weight is 419 g/mol. The molecule has 1 unspecified atom stereocenters. The maximum Gasteiger partial charge on any atom is 0.251 e. The smallest absolute Gasteiger partial charge is 0.251 e. The van der Waals surface area contributed by atoms with Gasteiger partial charge in [-0.05, 0) is 54.3 Å². The van der Waals surface area contributed by atoms with Gasteiger partial charge in [0.15, 0.2) is 0 Å². The summed E-state index contributed by atoms with van der Waals surface area (Å²) in [7, 11) is 0. The van der Waals surface area contributed by atoms with E-state index in [1.165, 1.54) is 6.08 Å². The van der Waals surface area contributed by atoms with Crippen LogP contribution in [0.2, 0.25) is 0 Å². The Morgan fingerprint density at radius 2 is 2.07 bits per heavy atom. The molecule has 1 fully saturated rings. The van der Waals surface area contributed by atoms with Crippen molar-refractivity contribution in [2.75, 3.05) is 23.3 Å². The van der Waals surface area contributed by atoms with E-state index in [2.05, 4.69) is 20.5 Å². The summed E-state index contributed by atoms with van der Waals surface area (Å²) in [6.07, 6.45) is 5.90. The topological polar surface area (TPSA) is 74.3 Å². The third kappa shape index (κ3) is 5.12. The third-order valence-corrected chi connectivity index (χ3v) is 5.67. The summed E-state index contributed by atoms with van der Waals surface area (Å²) in [5.41, 5.74) is 1.11. The summed E-state index contributed by atoms with van der Waals surface area (Å²) >= 11 is 1.56. The number of carbonyl (C=O) groups is 2. The zero-order valence-corrected chi connectivity index (χ0v) is 17.1. The second kappa shape index (κ2) is 9.37. The SMILES string of the molecule is O=C(/C=C/c1cccs1)Nc1cccc(C(=O)NC2CCN(c3ccccn3)C2)c1. The van der Waals surface area contributed by atoms with Crippen LogP contribution in [0.5, 0.6) is 0 Å². The highest BCUT2D eigenvalue weighted by atomic mass is 32.1. The second-order valence-corrected chi connectivity index (χ2v) is 7.99. The van der Waals surface area contributed by atoms with Gasteiger partial charge in [0.1, 0.15) is 5.82 Å². The monoisotopic (exact) mass is 418 g/mol. The Bertz CT molecular complexity index is 1030. The molecule has 0 saturated carbocycles. The van der Waals surface area contributed by atoms with Gasteiger partial charge in [-0.15, -0.1) is 11.3 Å². The lowest BCUT2D eigenvalue weighted by atomic mass is 10.1. The third-order valence-electron chi connectivity index (χ3n) is 4.83. The highest BCUT2D eigenvalue weighted by Crippen LogP contribution is 2.18. The first-order valence-corrected chi connectivity index (χ1v) is 10.6. The quantitative estimate of drug-likeness (QED) is 0.597. The predicted molar refractivity (Wildman–Crippen MR) is 121 cm³/mol. The van der Waals surface area contributed by atoms with Crippen molar-refractivity contribution < 1.29 is 9.59 Å². The van der Waals surface area contributed by atoms with Crippen molar-refractivity contribution in [3.63, 3.8) is 0 Å². The normalized spacial score (nSPS) is 16.0. The van der Waals surface area contributed by atoms with Gasteiger partial charge >= 0.3 is 0 Å². The number of rotatable bonds is 6. The summed E-state index contributed by atoms with van der Waals surface area (Å²) in [6, 6.07) is 16.7. The molecule has 4 rings (SSSR count). The molecule has 2 amide bonds. The molecule has 0 bridgehead atoms. The minimum Gasteiger partial charge on any atom is -0.354 e. The van der Waals surface area contributed by atoms with Crippen molar-refractivity contribution in [2.24, 2.45) is 0 Å². The van der Waals surface area contributed by atoms with E-state index in [1.54, 1.807) is 47.9 Å². The van der Waals surface area contributed by atoms with Crippen molar-refractivity contribution in [3.8, 4) is 0 Å². The molecular formula is C23H22N4O2S. The van der Waals surface area contributed by atoms with E-state index in [1.807, 2.05) is 35.7 Å². The lowest BCUT2D eigenvalue weighted by molar-refractivity contribution is -0.111. The Hall–Kier alpha value is -3.45. The molecule has 1 atom stereocenters. The average Bonchev–Trinajstić information content (AvgIpc) is 3.45. The maximum atomic E-state index is 12.7. The number of hydrogen-bond donors (Lipinski definition) is 2. The van der Waals surface area contributed by atoms with Crippen LogP contribution < -0.4 is 15.5 Å². The molecule has 0 aliphatic carbocycles. The number of pyridine rings is 1. The van der Waals surface area contributed by atoms with Gasteiger partial charge in [-0.2, -0.15) is 0 Å². The van der Waals surface area contributed by atoms with Gasteiger partial charge in [-0.3, -0.25) is 9.59 Å². The van der Waals surface area contributed by atoms with Crippen LogP contribution in [0.15, 0.2) is 72.3 Å². The zero-order valence-electron chi connectivity index (χ0n) is 16.3. The number of aromatic nitrogens is 1. The fourth-order valence-electron chi connectivity index (χ4n) is 3.36. The Kier molecular flexibility index (Phi) is 6.20. The number of carbonyl (C=O) groups excluding carboxylic acids is 2. The van der Waals surface area contributed by atoms with Crippen molar-refractivity contribution in [1.29, 1.82) is 0 Å². The van der Waals surface area contributed by atoms with Gasteiger partial charge < -0.3 is 15.5 Å². The summed E-state index contributed by atoms with van der Waals surface area (Å²) in [5.74, 6) is 0.547. The van der Waals surface area contributed by atoms with Crippen LogP contribution in [0.3, 0.4) is 0 Å². The molecule has 1 aliphatic heterocycles. The highest BCUT2D eigenvalue weighted by molar-refractivity contribution is 7.10. The summed E-state index contributed by atoms with van der Waals surface area (Å²) in [4.78, 5) is 32.4. The van der Waals surface area contributed by atoms with Crippen molar-refractivity contribution in [1.82, 2.24) is 10.3 Å². The van der Waals surface area contributed by atoms with Crippen LogP contribution in [-0.4, -0.2) is 35.9 Å². The number of amides is 2. The second-order valence-electron chi connectivity index (χ2n) is 7.01. The maximum absolute atomic E-state index is 12.7. The fourth-order valence-corrected chi connectivity index (χ4v) is 3.98. The Labute approximate surface area is 179 Å². The molecule has 2 aromatic heterocycles. The molecule has 0 spiro atoms. The summed E-state index contributed by atoms with van der Waals surface area (Å²) in [6.45, 7) is 1.58. The van der Waals surface area contributed by atoms with E-state index in [0.29, 0.717) is 11.3 Å². The Morgan fingerprint density at radius 3 is 2.87 bits per heavy atom.